The van der Waals surface area contributed by atoms with E-state index in [-0.39, 0.29) is 16.4 Å². The van der Waals surface area contributed by atoms with Crippen LogP contribution >= 0.6 is 11.3 Å². The maximum absolute atomic E-state index is 2.68. The molecule has 0 aliphatic carbocycles. The first-order valence-electron chi connectivity index (χ1n) is 9.15. The van der Waals surface area contributed by atoms with Crippen LogP contribution in [0.15, 0.2) is 35.7 Å². The summed E-state index contributed by atoms with van der Waals surface area (Å²) in [5.74, 6) is 0. The van der Waals surface area contributed by atoms with Gasteiger partial charge in [0.25, 0.3) is 0 Å². The number of aryl methyl sites for hydroxylation is 1. The fraction of sp³-hybridized carbons (Fsp3) is 0.455. The molecule has 0 fully saturated rings. The second kappa shape index (κ2) is 4.32. The third kappa shape index (κ3) is 1.45. The van der Waals surface area contributed by atoms with Crippen molar-refractivity contribution >= 4 is 27.2 Å². The van der Waals surface area contributed by atoms with E-state index in [0.717, 1.165) is 6.54 Å². The van der Waals surface area contributed by atoms with Crippen LogP contribution in [-0.4, -0.2) is 4.57 Å². The van der Waals surface area contributed by atoms with E-state index in [1.807, 2.05) is 11.3 Å². The van der Waals surface area contributed by atoms with Crippen molar-refractivity contribution in [3.63, 3.8) is 0 Å². The lowest BCUT2D eigenvalue weighted by Crippen LogP contribution is -2.61. The van der Waals surface area contributed by atoms with E-state index >= 15 is 0 Å². The smallest absolute Gasteiger partial charge is 0.103 e. The Kier molecular flexibility index (Phi) is 2.68. The number of thiophene rings is 1. The van der Waals surface area contributed by atoms with E-state index < -0.39 is 0 Å². The summed E-state index contributed by atoms with van der Waals surface area (Å²) in [6.45, 7) is 13.3. The van der Waals surface area contributed by atoms with E-state index in [1.54, 1.807) is 5.56 Å². The molecular formula is C22H26N2S. The number of hydrogen-bond donors (Lipinski definition) is 0. The van der Waals surface area contributed by atoms with E-state index in [0.29, 0.717) is 0 Å². The average molecular weight is 351 g/mol. The molecule has 2 aliphatic rings. The molecule has 2 aromatic heterocycles. The van der Waals surface area contributed by atoms with Gasteiger partial charge in [-0.1, -0.05) is 45.9 Å². The summed E-state index contributed by atoms with van der Waals surface area (Å²) in [6, 6.07) is 11.4. The molecule has 0 N–H and O–H groups in total. The van der Waals surface area contributed by atoms with E-state index in [1.165, 1.54) is 27.2 Å². The fourth-order valence-electron chi connectivity index (χ4n) is 5.53. The van der Waals surface area contributed by atoms with Crippen molar-refractivity contribution in [3.05, 3.63) is 52.5 Å². The van der Waals surface area contributed by atoms with Gasteiger partial charge in [-0.2, -0.15) is 0 Å². The number of benzene rings is 1. The molecule has 1 atom stereocenters. The summed E-state index contributed by atoms with van der Waals surface area (Å²) in [5.41, 5.74) is 6.11. The molecule has 25 heavy (non-hydrogen) atoms. The SMILES string of the molecule is Cn1c2c(c3ccsc31)C1(C)N(C2)c2ccccc2C(C)(C)C1(C)C. The van der Waals surface area contributed by atoms with Crippen LogP contribution in [0.5, 0.6) is 0 Å². The second-order valence-electron chi connectivity index (χ2n) is 8.95. The highest BCUT2D eigenvalue weighted by Crippen LogP contribution is 2.65. The Hall–Kier alpha value is -1.74. The van der Waals surface area contributed by atoms with Gasteiger partial charge in [-0.15, -0.1) is 11.3 Å². The molecule has 0 spiro atoms. The summed E-state index contributed by atoms with van der Waals surface area (Å²) >= 11 is 1.87. The molecule has 130 valence electrons. The van der Waals surface area contributed by atoms with Gasteiger partial charge in [0.2, 0.25) is 0 Å². The van der Waals surface area contributed by atoms with Gasteiger partial charge in [-0.05, 0) is 35.4 Å². The quantitative estimate of drug-likeness (QED) is 0.498. The molecule has 2 nitrogen and oxygen atoms in total. The minimum atomic E-state index is -0.0131. The number of nitrogens with zero attached hydrogens (tertiary/aromatic N) is 2. The molecule has 3 aromatic rings. The lowest BCUT2D eigenvalue weighted by Gasteiger charge is -2.61. The van der Waals surface area contributed by atoms with Crippen LogP contribution in [0, 0.1) is 5.41 Å². The second-order valence-corrected chi connectivity index (χ2v) is 9.84. The summed E-state index contributed by atoms with van der Waals surface area (Å²) in [6.07, 6.45) is 0. The zero-order chi connectivity index (χ0) is 17.8. The standard InChI is InChI=1S/C22H26N2S/c1-20(2)15-9-7-8-10-16(15)24-13-17-18(22(24,5)21(20,3)4)14-11-12-25-19(14)23(17)6/h7-12H,13H2,1-6H3. The molecule has 0 saturated carbocycles. The first-order valence-corrected chi connectivity index (χ1v) is 10.0. The van der Waals surface area contributed by atoms with Crippen LogP contribution in [0.1, 0.15) is 51.4 Å². The Morgan fingerprint density at radius 1 is 1.00 bits per heavy atom. The van der Waals surface area contributed by atoms with Crippen LogP contribution in [0.4, 0.5) is 5.69 Å². The van der Waals surface area contributed by atoms with Crippen LogP contribution < -0.4 is 4.90 Å². The number of anilines is 1. The van der Waals surface area contributed by atoms with Crippen LogP contribution in [0.25, 0.3) is 10.2 Å². The van der Waals surface area contributed by atoms with Gasteiger partial charge < -0.3 is 9.47 Å². The Labute approximate surface area is 154 Å². The van der Waals surface area contributed by atoms with Gasteiger partial charge in [0.1, 0.15) is 4.83 Å². The van der Waals surface area contributed by atoms with E-state index in [4.69, 9.17) is 0 Å². The highest BCUT2D eigenvalue weighted by molar-refractivity contribution is 7.16. The van der Waals surface area contributed by atoms with Crippen LogP contribution in [0.2, 0.25) is 0 Å². The number of fused-ring (bicyclic) bond motifs is 7. The van der Waals surface area contributed by atoms with E-state index in [2.05, 4.69) is 86.8 Å². The predicted molar refractivity (Wildman–Crippen MR) is 108 cm³/mol. The Morgan fingerprint density at radius 3 is 2.48 bits per heavy atom. The fourth-order valence-corrected chi connectivity index (χ4v) is 6.43. The molecule has 0 radical (unpaired) electrons. The zero-order valence-corrected chi connectivity index (χ0v) is 16.8. The highest BCUT2D eigenvalue weighted by Gasteiger charge is 2.63. The van der Waals surface area contributed by atoms with Crippen molar-refractivity contribution in [2.45, 2.75) is 52.1 Å². The molecule has 5 rings (SSSR count). The van der Waals surface area contributed by atoms with Crippen molar-refractivity contribution in [1.82, 2.24) is 4.57 Å². The van der Waals surface area contributed by atoms with Crippen molar-refractivity contribution < 1.29 is 0 Å². The first-order chi connectivity index (χ1) is 11.7. The Balaban J connectivity index is 1.92. The van der Waals surface area contributed by atoms with Gasteiger partial charge in [0.05, 0.1) is 12.1 Å². The predicted octanol–water partition coefficient (Wildman–Crippen LogP) is 5.79. The molecule has 0 amide bonds. The third-order valence-electron chi connectivity index (χ3n) is 7.89. The molecule has 1 unspecified atom stereocenters. The van der Waals surface area contributed by atoms with Gasteiger partial charge in [-0.3, -0.25) is 0 Å². The number of hydrogen-bond acceptors (Lipinski definition) is 2. The highest BCUT2D eigenvalue weighted by atomic mass is 32.1. The maximum Gasteiger partial charge on any atom is 0.103 e. The topological polar surface area (TPSA) is 8.17 Å². The van der Waals surface area contributed by atoms with Crippen molar-refractivity contribution in [3.8, 4) is 0 Å². The first kappa shape index (κ1) is 15.5. The van der Waals surface area contributed by atoms with Crippen molar-refractivity contribution in [2.24, 2.45) is 12.5 Å². The van der Waals surface area contributed by atoms with Gasteiger partial charge >= 0.3 is 0 Å². The maximum atomic E-state index is 2.68. The lowest BCUT2D eigenvalue weighted by molar-refractivity contribution is 0.0694. The van der Waals surface area contributed by atoms with Gasteiger partial charge in [-0.25, -0.2) is 0 Å². The number of para-hydroxylation sites is 1. The molecule has 4 heterocycles. The van der Waals surface area contributed by atoms with Crippen LogP contribution in [0.3, 0.4) is 0 Å². The molecule has 2 aliphatic heterocycles. The summed E-state index contributed by atoms with van der Waals surface area (Å²) < 4.78 is 2.44. The number of rotatable bonds is 0. The summed E-state index contributed by atoms with van der Waals surface area (Å²) in [4.78, 5) is 4.09. The summed E-state index contributed by atoms with van der Waals surface area (Å²) in [7, 11) is 2.24. The van der Waals surface area contributed by atoms with Crippen LogP contribution in [-0.2, 0) is 24.5 Å². The van der Waals surface area contributed by atoms with Crippen molar-refractivity contribution in [2.75, 3.05) is 4.90 Å². The van der Waals surface area contributed by atoms with Crippen molar-refractivity contribution in [1.29, 1.82) is 0 Å². The zero-order valence-electron chi connectivity index (χ0n) is 16.0. The number of aromatic nitrogens is 1. The molecule has 0 bridgehead atoms. The molecule has 0 saturated heterocycles. The van der Waals surface area contributed by atoms with Gasteiger partial charge in [0.15, 0.2) is 0 Å². The third-order valence-corrected chi connectivity index (χ3v) is 8.88. The minimum absolute atomic E-state index is 0.0131. The molecule has 1 aromatic carbocycles. The normalized spacial score (nSPS) is 25.8. The molecular weight excluding hydrogens is 324 g/mol. The Bertz CT molecular complexity index is 1020. The minimum Gasteiger partial charge on any atom is -0.355 e. The lowest BCUT2D eigenvalue weighted by atomic mass is 9.51. The Morgan fingerprint density at radius 2 is 1.72 bits per heavy atom. The largest absolute Gasteiger partial charge is 0.355 e. The van der Waals surface area contributed by atoms with Gasteiger partial charge in [0, 0.05) is 34.8 Å². The average Bonchev–Trinajstić information content (AvgIpc) is 3.21. The van der Waals surface area contributed by atoms with E-state index in [9.17, 15) is 0 Å². The molecule has 3 heteroatoms. The summed E-state index contributed by atoms with van der Waals surface area (Å²) in [5, 5.41) is 3.70. The monoisotopic (exact) mass is 350 g/mol.